The van der Waals surface area contributed by atoms with E-state index < -0.39 is 10.9 Å². The van der Waals surface area contributed by atoms with Gasteiger partial charge in [-0.25, -0.2) is 19.0 Å². The van der Waals surface area contributed by atoms with Crippen molar-refractivity contribution in [2.24, 2.45) is 0 Å². The molecular formula is C26H28Cl2N6O7. The van der Waals surface area contributed by atoms with E-state index in [1.165, 1.54) is 4.68 Å². The normalized spacial score (nSPS) is 18.1. The molecule has 5 rings (SSSR count). The lowest BCUT2D eigenvalue weighted by molar-refractivity contribution is -0.742. The van der Waals surface area contributed by atoms with E-state index in [-0.39, 0.29) is 18.4 Å². The number of nitrogens with one attached hydrogen (secondary N) is 1. The summed E-state index contributed by atoms with van der Waals surface area (Å²) >= 11 is 12.6. The molecule has 0 bridgehead atoms. The average Bonchev–Trinajstić information content (AvgIpc) is 3.64. The van der Waals surface area contributed by atoms with Gasteiger partial charge in [0.15, 0.2) is 0 Å². The number of benzene rings is 2. The van der Waals surface area contributed by atoms with Gasteiger partial charge in [-0.1, -0.05) is 36.2 Å². The van der Waals surface area contributed by atoms with E-state index in [9.17, 15) is 4.79 Å². The van der Waals surface area contributed by atoms with Crippen LogP contribution in [0.1, 0.15) is 30.6 Å². The minimum Gasteiger partial charge on any atom is -0.491 e. The van der Waals surface area contributed by atoms with E-state index in [1.807, 2.05) is 44.2 Å². The van der Waals surface area contributed by atoms with Crippen LogP contribution in [0.3, 0.4) is 0 Å². The first-order valence-corrected chi connectivity index (χ1v) is 13.4. The molecule has 1 saturated heterocycles. The minimum atomic E-state index is -1.50. The highest BCUT2D eigenvalue weighted by Gasteiger charge is 2.45. The van der Waals surface area contributed by atoms with E-state index >= 15 is 0 Å². The largest absolute Gasteiger partial charge is 0.491 e. The molecule has 1 aliphatic heterocycles. The predicted octanol–water partition coefficient (Wildman–Crippen LogP) is 4.32. The van der Waals surface area contributed by atoms with Gasteiger partial charge in [0.25, 0.3) is 5.09 Å². The van der Waals surface area contributed by atoms with Gasteiger partial charge < -0.3 is 24.4 Å². The molecule has 2 atom stereocenters. The Kier molecular flexibility index (Phi) is 9.65. The standard InChI is InChI=1S/C26H27Cl2N5O4.HNO3/c1-3-12-32-25(34)33(17(2)31-32)19-5-7-20(8-6-19)35-15-21-16-36-26(37-21,14-24-29-10-11-30-24)22-9-4-18(27)13-23(22)28;2-1(3)4/h4-11,13,21H,3,12,14-16H2,1-2H3,(H,29,30);(H,2,3,4). The van der Waals surface area contributed by atoms with E-state index in [0.29, 0.717) is 52.6 Å². The average molecular weight is 607 g/mol. The summed E-state index contributed by atoms with van der Waals surface area (Å²) in [5.74, 6) is 0.856. The highest BCUT2D eigenvalue weighted by Crippen LogP contribution is 2.41. The first kappa shape index (κ1) is 30.1. The number of ether oxygens (including phenoxy) is 3. The van der Waals surface area contributed by atoms with E-state index in [2.05, 4.69) is 15.1 Å². The Morgan fingerprint density at radius 2 is 2.00 bits per heavy atom. The second-order valence-electron chi connectivity index (χ2n) is 9.07. The number of hydrogen-bond donors (Lipinski definition) is 2. The van der Waals surface area contributed by atoms with Gasteiger partial charge >= 0.3 is 5.69 Å². The molecule has 0 aliphatic carbocycles. The number of imidazole rings is 1. The van der Waals surface area contributed by atoms with Crippen molar-refractivity contribution in [2.45, 2.75) is 45.1 Å². The quantitative estimate of drug-likeness (QED) is 0.209. The van der Waals surface area contributed by atoms with Crippen molar-refractivity contribution in [1.82, 2.24) is 24.3 Å². The summed E-state index contributed by atoms with van der Waals surface area (Å²) in [6.07, 6.45) is 4.25. The van der Waals surface area contributed by atoms with Gasteiger partial charge in [0.05, 0.1) is 23.7 Å². The number of H-pyrrole nitrogens is 1. The van der Waals surface area contributed by atoms with Crippen molar-refractivity contribution >= 4 is 23.2 Å². The maximum Gasteiger partial charge on any atom is 0.350 e. The fourth-order valence-corrected chi connectivity index (χ4v) is 4.99. The Bertz CT molecular complexity index is 1520. The van der Waals surface area contributed by atoms with Gasteiger partial charge in [0.2, 0.25) is 5.79 Å². The first-order chi connectivity index (χ1) is 19.6. The maximum atomic E-state index is 12.7. The van der Waals surface area contributed by atoms with Gasteiger partial charge in [-0.05, 0) is 49.7 Å². The molecule has 1 fully saturated rings. The van der Waals surface area contributed by atoms with Crippen LogP contribution in [-0.2, 0) is 28.2 Å². The molecule has 0 amide bonds. The van der Waals surface area contributed by atoms with Crippen LogP contribution in [0, 0.1) is 17.0 Å². The number of nitrogens with zero attached hydrogens (tertiary/aromatic N) is 5. The zero-order chi connectivity index (χ0) is 29.6. The number of rotatable bonds is 9. The summed E-state index contributed by atoms with van der Waals surface area (Å²) in [5, 5.41) is 19.0. The van der Waals surface area contributed by atoms with Crippen molar-refractivity contribution in [3.8, 4) is 11.4 Å². The summed E-state index contributed by atoms with van der Waals surface area (Å²) in [5.41, 5.74) is 1.25. The SMILES string of the molecule is CCCn1nc(C)n(-c2ccc(OCC3COC(Cc4ncc[nH]4)(c4ccc(Cl)cc4Cl)O3)cc2)c1=O.O=[N+]([O-])O. The lowest BCUT2D eigenvalue weighted by Gasteiger charge is -2.29. The van der Waals surface area contributed by atoms with Crippen LogP contribution >= 0.6 is 23.2 Å². The van der Waals surface area contributed by atoms with Crippen molar-refractivity contribution < 1.29 is 24.5 Å². The fourth-order valence-electron chi connectivity index (χ4n) is 4.44. The lowest BCUT2D eigenvalue weighted by atomic mass is 10.0. The van der Waals surface area contributed by atoms with Crippen LogP contribution in [0.4, 0.5) is 0 Å². The fraction of sp³-hybridized carbons (Fsp3) is 0.346. The topological polar surface area (TPSA) is 160 Å². The Hall–Kier alpha value is -3.91. The molecule has 15 heteroatoms. The van der Waals surface area contributed by atoms with Crippen LogP contribution in [0.25, 0.3) is 5.69 Å². The van der Waals surface area contributed by atoms with Gasteiger partial charge in [-0.3, -0.25) is 0 Å². The molecule has 13 nitrogen and oxygen atoms in total. The van der Waals surface area contributed by atoms with Gasteiger partial charge in [0.1, 0.15) is 30.1 Å². The first-order valence-electron chi connectivity index (χ1n) is 12.6. The molecule has 2 unspecified atom stereocenters. The molecule has 2 aromatic heterocycles. The Morgan fingerprint density at radius 1 is 1.27 bits per heavy atom. The number of aryl methyl sites for hydroxylation is 2. The summed E-state index contributed by atoms with van der Waals surface area (Å²) in [7, 11) is 0. The molecule has 2 aromatic carbocycles. The summed E-state index contributed by atoms with van der Waals surface area (Å²) in [6, 6.07) is 12.5. The molecule has 2 N–H and O–H groups in total. The molecule has 4 aromatic rings. The smallest absolute Gasteiger partial charge is 0.350 e. The zero-order valence-electron chi connectivity index (χ0n) is 22.2. The molecule has 1 aliphatic rings. The molecule has 41 heavy (non-hydrogen) atoms. The van der Waals surface area contributed by atoms with Crippen molar-refractivity contribution in [2.75, 3.05) is 13.2 Å². The van der Waals surface area contributed by atoms with Crippen LogP contribution in [-0.4, -0.2) is 53.9 Å². The zero-order valence-corrected chi connectivity index (χ0v) is 23.7. The summed E-state index contributed by atoms with van der Waals surface area (Å²) in [6.45, 7) is 4.98. The highest BCUT2D eigenvalue weighted by molar-refractivity contribution is 6.35. The molecule has 0 spiro atoms. The molecular weight excluding hydrogens is 579 g/mol. The Morgan fingerprint density at radius 3 is 2.63 bits per heavy atom. The highest BCUT2D eigenvalue weighted by atomic mass is 35.5. The molecule has 0 radical (unpaired) electrons. The van der Waals surface area contributed by atoms with Crippen molar-refractivity contribution in [3.63, 3.8) is 0 Å². The van der Waals surface area contributed by atoms with E-state index in [0.717, 1.165) is 12.1 Å². The summed E-state index contributed by atoms with van der Waals surface area (Å²) < 4.78 is 21.7. The second kappa shape index (κ2) is 13.2. The van der Waals surface area contributed by atoms with Gasteiger partial charge in [0, 0.05) is 29.5 Å². The molecule has 218 valence electrons. The van der Waals surface area contributed by atoms with E-state index in [1.54, 1.807) is 29.1 Å². The van der Waals surface area contributed by atoms with Crippen molar-refractivity contribution in [1.29, 1.82) is 0 Å². The number of hydrogen-bond acceptors (Lipinski definition) is 8. The van der Waals surface area contributed by atoms with Crippen molar-refractivity contribution in [3.05, 3.63) is 103 Å². The molecule has 3 heterocycles. The van der Waals surface area contributed by atoms with Crippen LogP contribution < -0.4 is 10.4 Å². The lowest BCUT2D eigenvalue weighted by Crippen LogP contribution is -2.33. The van der Waals surface area contributed by atoms with Crippen LogP contribution in [0.2, 0.25) is 10.0 Å². The monoisotopic (exact) mass is 606 g/mol. The third kappa shape index (κ3) is 7.24. The summed E-state index contributed by atoms with van der Waals surface area (Å²) in [4.78, 5) is 28.5. The minimum absolute atomic E-state index is 0.154. The second-order valence-corrected chi connectivity index (χ2v) is 9.92. The van der Waals surface area contributed by atoms with Crippen LogP contribution in [0.15, 0.2) is 59.7 Å². The number of halogens is 2. The third-order valence-corrected chi connectivity index (χ3v) is 6.67. The number of aromatic nitrogens is 5. The Labute approximate surface area is 244 Å². The number of aromatic amines is 1. The third-order valence-electron chi connectivity index (χ3n) is 6.12. The predicted molar refractivity (Wildman–Crippen MR) is 148 cm³/mol. The van der Waals surface area contributed by atoms with Crippen LogP contribution in [0.5, 0.6) is 5.75 Å². The maximum absolute atomic E-state index is 12.7. The van der Waals surface area contributed by atoms with Gasteiger partial charge in [-0.2, -0.15) is 5.10 Å². The Balaban J connectivity index is 0.000000909. The molecule has 0 saturated carbocycles. The van der Waals surface area contributed by atoms with E-state index in [4.69, 9.17) is 52.7 Å². The van der Waals surface area contributed by atoms with Gasteiger partial charge in [-0.15, -0.1) is 10.1 Å².